The summed E-state index contributed by atoms with van der Waals surface area (Å²) in [4.78, 5) is 4.17. The van der Waals surface area contributed by atoms with Crippen LogP contribution in [0.3, 0.4) is 0 Å². The smallest absolute Gasteiger partial charge is 0.241 e. The van der Waals surface area contributed by atoms with Crippen molar-refractivity contribution in [2.24, 2.45) is 0 Å². The molecule has 0 aliphatic heterocycles. The predicted octanol–water partition coefficient (Wildman–Crippen LogP) is 2.31. The molecule has 0 radical (unpaired) electrons. The lowest BCUT2D eigenvalue weighted by Crippen LogP contribution is -2.23. The fourth-order valence-corrected chi connectivity index (χ4v) is 2.98. The van der Waals surface area contributed by atoms with Crippen LogP contribution in [0, 0.1) is 20.8 Å². The Balaban J connectivity index is 2.22. The number of aryl methyl sites for hydroxylation is 3. The lowest BCUT2D eigenvalue weighted by Gasteiger charge is -2.09. The minimum Gasteiger partial charge on any atom is -0.444 e. The molecule has 1 aromatic carbocycles. The van der Waals surface area contributed by atoms with Crippen molar-refractivity contribution in [1.29, 1.82) is 0 Å². The first-order valence-corrected chi connectivity index (χ1v) is 8.05. The number of hydrogen-bond acceptors (Lipinski definition) is 5. The lowest BCUT2D eigenvalue weighted by molar-refractivity contribution is 0.463. The first kappa shape index (κ1) is 15.8. The van der Waals surface area contributed by atoms with Crippen LogP contribution in [0.5, 0.6) is 0 Å². The van der Waals surface area contributed by atoms with Crippen LogP contribution in [0.4, 0.5) is 5.69 Å². The lowest BCUT2D eigenvalue weighted by atomic mass is 10.2. The largest absolute Gasteiger partial charge is 0.444 e. The van der Waals surface area contributed by atoms with Crippen LogP contribution in [0.15, 0.2) is 21.4 Å². The van der Waals surface area contributed by atoms with E-state index in [0.717, 1.165) is 5.69 Å². The van der Waals surface area contributed by atoms with Gasteiger partial charge in [-0.1, -0.05) is 11.6 Å². The molecular formula is C13H16ClN3O3S. The molecule has 114 valence electrons. The van der Waals surface area contributed by atoms with Gasteiger partial charge in [-0.2, -0.15) is 0 Å². The van der Waals surface area contributed by atoms with Crippen LogP contribution < -0.4 is 10.5 Å². The van der Waals surface area contributed by atoms with E-state index >= 15 is 0 Å². The van der Waals surface area contributed by atoms with Gasteiger partial charge < -0.3 is 10.2 Å². The molecule has 1 heterocycles. The van der Waals surface area contributed by atoms with Crippen LogP contribution >= 0.6 is 11.6 Å². The third-order valence-corrected chi connectivity index (χ3v) is 4.95. The van der Waals surface area contributed by atoms with E-state index in [1.165, 1.54) is 12.1 Å². The maximum Gasteiger partial charge on any atom is 0.241 e. The monoisotopic (exact) mass is 329 g/mol. The number of nitrogens with zero attached hydrogens (tertiary/aromatic N) is 1. The number of sulfonamides is 1. The maximum atomic E-state index is 12.2. The summed E-state index contributed by atoms with van der Waals surface area (Å²) in [7, 11) is -3.71. The molecule has 0 atom stereocenters. The molecule has 0 amide bonds. The standard InChI is InChI=1S/C13H16ClN3O3S/c1-7-4-10(5-11(15)13(7)14)21(18,19)16-6-12-17-8(2)9(3)20-12/h4-5,16H,6,15H2,1-3H3. The number of aromatic nitrogens is 1. The molecule has 8 heteroatoms. The number of hydrogen-bond donors (Lipinski definition) is 2. The highest BCUT2D eigenvalue weighted by Crippen LogP contribution is 2.26. The Labute approximate surface area is 128 Å². The molecule has 1 aromatic heterocycles. The third-order valence-electron chi connectivity index (χ3n) is 3.05. The van der Waals surface area contributed by atoms with Gasteiger partial charge in [0.25, 0.3) is 0 Å². The molecule has 0 bridgehead atoms. The van der Waals surface area contributed by atoms with E-state index in [2.05, 4.69) is 9.71 Å². The van der Waals surface area contributed by atoms with Crippen LogP contribution in [-0.4, -0.2) is 13.4 Å². The quantitative estimate of drug-likeness (QED) is 0.839. The van der Waals surface area contributed by atoms with E-state index in [0.29, 0.717) is 22.2 Å². The van der Waals surface area contributed by atoms with Gasteiger partial charge in [0.15, 0.2) is 0 Å². The molecule has 0 unspecified atom stereocenters. The molecule has 0 spiro atoms. The Morgan fingerprint density at radius 3 is 2.52 bits per heavy atom. The SMILES string of the molecule is Cc1cc(S(=O)(=O)NCc2nc(C)c(C)o2)cc(N)c1Cl. The van der Waals surface area contributed by atoms with Gasteiger partial charge in [-0.25, -0.2) is 18.1 Å². The summed E-state index contributed by atoms with van der Waals surface area (Å²) in [5, 5.41) is 0.355. The Morgan fingerprint density at radius 1 is 1.33 bits per heavy atom. The summed E-state index contributed by atoms with van der Waals surface area (Å²) in [5.41, 5.74) is 7.24. The van der Waals surface area contributed by atoms with Gasteiger partial charge in [0.2, 0.25) is 15.9 Å². The Kier molecular flexibility index (Phi) is 4.27. The van der Waals surface area contributed by atoms with Crippen molar-refractivity contribution in [2.45, 2.75) is 32.2 Å². The number of anilines is 1. The van der Waals surface area contributed by atoms with Gasteiger partial charge in [0.05, 0.1) is 27.8 Å². The van der Waals surface area contributed by atoms with Crippen LogP contribution in [-0.2, 0) is 16.6 Å². The van der Waals surface area contributed by atoms with Crippen molar-refractivity contribution in [1.82, 2.24) is 9.71 Å². The molecule has 2 aromatic rings. The molecule has 0 saturated heterocycles. The molecule has 21 heavy (non-hydrogen) atoms. The zero-order valence-corrected chi connectivity index (χ0v) is 13.5. The second-order valence-electron chi connectivity index (χ2n) is 4.72. The third kappa shape index (κ3) is 3.37. The van der Waals surface area contributed by atoms with Crippen molar-refractivity contribution in [3.05, 3.63) is 40.1 Å². The molecular weight excluding hydrogens is 314 g/mol. The topological polar surface area (TPSA) is 98.2 Å². The van der Waals surface area contributed by atoms with Gasteiger partial charge in [-0.15, -0.1) is 0 Å². The highest BCUT2D eigenvalue weighted by atomic mass is 35.5. The van der Waals surface area contributed by atoms with E-state index in [1.807, 2.05) is 0 Å². The molecule has 0 aliphatic carbocycles. The molecule has 0 aliphatic rings. The fourth-order valence-electron chi connectivity index (χ4n) is 1.77. The van der Waals surface area contributed by atoms with Crippen LogP contribution in [0.25, 0.3) is 0 Å². The number of nitrogens with one attached hydrogen (secondary N) is 1. The summed E-state index contributed by atoms with van der Waals surface area (Å²) in [5.74, 6) is 0.975. The summed E-state index contributed by atoms with van der Waals surface area (Å²) in [6.45, 7) is 5.22. The van der Waals surface area contributed by atoms with Crippen molar-refractivity contribution >= 4 is 27.3 Å². The van der Waals surface area contributed by atoms with E-state index in [-0.39, 0.29) is 17.1 Å². The minimum absolute atomic E-state index is 0.0292. The number of nitrogen functional groups attached to an aromatic ring is 1. The normalized spacial score (nSPS) is 11.8. The number of oxazole rings is 1. The zero-order valence-electron chi connectivity index (χ0n) is 11.9. The number of rotatable bonds is 4. The second-order valence-corrected chi connectivity index (χ2v) is 6.86. The molecule has 2 rings (SSSR count). The summed E-state index contributed by atoms with van der Waals surface area (Å²) < 4.78 is 32.2. The molecule has 3 N–H and O–H groups in total. The summed E-state index contributed by atoms with van der Waals surface area (Å²) in [6, 6.07) is 2.79. The van der Waals surface area contributed by atoms with Crippen molar-refractivity contribution in [3.8, 4) is 0 Å². The molecule has 6 nitrogen and oxygen atoms in total. The van der Waals surface area contributed by atoms with E-state index in [1.54, 1.807) is 20.8 Å². The Morgan fingerprint density at radius 2 is 2.00 bits per heavy atom. The number of nitrogens with two attached hydrogens (primary N) is 1. The molecule has 0 saturated carbocycles. The van der Waals surface area contributed by atoms with Gasteiger partial charge in [-0.3, -0.25) is 0 Å². The Hall–Kier alpha value is -1.57. The van der Waals surface area contributed by atoms with Gasteiger partial charge >= 0.3 is 0 Å². The van der Waals surface area contributed by atoms with Crippen molar-refractivity contribution in [3.63, 3.8) is 0 Å². The van der Waals surface area contributed by atoms with Gasteiger partial charge in [0, 0.05) is 0 Å². The second kappa shape index (κ2) is 5.67. The number of halogens is 1. The van der Waals surface area contributed by atoms with Crippen LogP contribution in [0.2, 0.25) is 5.02 Å². The highest BCUT2D eigenvalue weighted by molar-refractivity contribution is 7.89. The first-order chi connectivity index (χ1) is 9.70. The zero-order chi connectivity index (χ0) is 15.8. The first-order valence-electron chi connectivity index (χ1n) is 6.19. The predicted molar refractivity (Wildman–Crippen MR) is 80.6 cm³/mol. The van der Waals surface area contributed by atoms with Crippen molar-refractivity contribution < 1.29 is 12.8 Å². The van der Waals surface area contributed by atoms with Gasteiger partial charge in [-0.05, 0) is 38.5 Å². The molecule has 0 fully saturated rings. The summed E-state index contributed by atoms with van der Waals surface area (Å²) >= 11 is 5.93. The van der Waals surface area contributed by atoms with E-state index in [9.17, 15) is 8.42 Å². The fraction of sp³-hybridized carbons (Fsp3) is 0.308. The average molecular weight is 330 g/mol. The van der Waals surface area contributed by atoms with Gasteiger partial charge in [0.1, 0.15) is 5.76 Å². The average Bonchev–Trinajstić information content (AvgIpc) is 2.72. The summed E-state index contributed by atoms with van der Waals surface area (Å²) in [6.07, 6.45) is 0. The minimum atomic E-state index is -3.71. The highest BCUT2D eigenvalue weighted by Gasteiger charge is 2.18. The van der Waals surface area contributed by atoms with Crippen LogP contribution in [0.1, 0.15) is 22.9 Å². The van der Waals surface area contributed by atoms with E-state index in [4.69, 9.17) is 21.8 Å². The maximum absolute atomic E-state index is 12.2. The number of benzene rings is 1. The van der Waals surface area contributed by atoms with Crippen molar-refractivity contribution in [2.75, 3.05) is 5.73 Å². The Bertz CT molecular complexity index is 741. The van der Waals surface area contributed by atoms with E-state index < -0.39 is 10.0 Å².